The van der Waals surface area contributed by atoms with E-state index in [4.69, 9.17) is 21.1 Å². The molecule has 0 aliphatic carbocycles. The summed E-state index contributed by atoms with van der Waals surface area (Å²) in [6.07, 6.45) is 1.49. The summed E-state index contributed by atoms with van der Waals surface area (Å²) >= 11 is 6.39. The molecule has 0 unspecified atom stereocenters. The number of ether oxygens (including phenoxy) is 2. The first-order chi connectivity index (χ1) is 14.2. The van der Waals surface area contributed by atoms with Crippen LogP contribution >= 0.6 is 11.6 Å². The lowest BCUT2D eigenvalue weighted by Crippen LogP contribution is -2.51. The molecule has 1 aromatic carbocycles. The van der Waals surface area contributed by atoms with Gasteiger partial charge in [0.15, 0.2) is 5.79 Å². The van der Waals surface area contributed by atoms with Crippen LogP contribution in [0.3, 0.4) is 0 Å². The van der Waals surface area contributed by atoms with E-state index >= 15 is 0 Å². The van der Waals surface area contributed by atoms with Crippen LogP contribution in [0.1, 0.15) is 33.3 Å². The number of hydrogen-bond acceptors (Lipinski definition) is 6. The van der Waals surface area contributed by atoms with Gasteiger partial charge in [0.25, 0.3) is 0 Å². The van der Waals surface area contributed by atoms with E-state index in [2.05, 4.69) is 15.3 Å². The lowest BCUT2D eigenvalue weighted by Gasteiger charge is -2.37. The highest BCUT2D eigenvalue weighted by Crippen LogP contribution is 2.35. The molecule has 1 N–H and O–H groups in total. The molecule has 2 aliphatic rings. The van der Waals surface area contributed by atoms with Gasteiger partial charge in [-0.3, -0.25) is 9.80 Å². The fraction of sp³-hybridized carbons (Fsp3) is 0.476. The summed E-state index contributed by atoms with van der Waals surface area (Å²) in [7, 11) is 0. The fourth-order valence-corrected chi connectivity index (χ4v) is 3.86. The van der Waals surface area contributed by atoms with Gasteiger partial charge in [-0.2, -0.15) is 4.98 Å². The van der Waals surface area contributed by atoms with Gasteiger partial charge in [0, 0.05) is 17.8 Å². The summed E-state index contributed by atoms with van der Waals surface area (Å²) in [6.45, 7) is 8.80. The molecule has 3 heterocycles. The van der Waals surface area contributed by atoms with Crippen LogP contribution in [0.4, 0.5) is 22.2 Å². The second-order valence-electron chi connectivity index (χ2n) is 8.22. The van der Waals surface area contributed by atoms with Gasteiger partial charge in [0.1, 0.15) is 11.9 Å². The van der Waals surface area contributed by atoms with E-state index in [1.54, 1.807) is 22.1 Å². The highest BCUT2D eigenvalue weighted by Gasteiger charge is 2.39. The third-order valence-electron chi connectivity index (χ3n) is 4.90. The van der Waals surface area contributed by atoms with E-state index in [0.29, 0.717) is 42.2 Å². The number of amides is 2. The molecule has 2 aliphatic heterocycles. The van der Waals surface area contributed by atoms with Crippen LogP contribution in [0.5, 0.6) is 0 Å². The molecule has 1 aromatic heterocycles. The highest BCUT2D eigenvalue weighted by atomic mass is 35.5. The Morgan fingerprint density at radius 1 is 1.33 bits per heavy atom. The van der Waals surface area contributed by atoms with Crippen LogP contribution in [0.2, 0.25) is 5.02 Å². The Morgan fingerprint density at radius 3 is 2.77 bits per heavy atom. The van der Waals surface area contributed by atoms with Crippen LogP contribution in [-0.4, -0.2) is 47.1 Å². The first kappa shape index (κ1) is 20.8. The zero-order valence-electron chi connectivity index (χ0n) is 17.6. The second kappa shape index (κ2) is 8.02. The number of anilines is 3. The summed E-state index contributed by atoms with van der Waals surface area (Å²) in [4.78, 5) is 25.9. The van der Waals surface area contributed by atoms with Crippen molar-refractivity contribution < 1.29 is 14.3 Å². The van der Waals surface area contributed by atoms with Crippen LogP contribution < -0.4 is 15.1 Å². The van der Waals surface area contributed by atoms with Crippen LogP contribution in [0.25, 0.3) is 0 Å². The second-order valence-corrected chi connectivity index (χ2v) is 8.63. The summed E-state index contributed by atoms with van der Waals surface area (Å²) in [6, 6.07) is 7.26. The van der Waals surface area contributed by atoms with Crippen molar-refractivity contribution in [2.24, 2.45) is 0 Å². The highest BCUT2D eigenvalue weighted by molar-refractivity contribution is 6.34. The summed E-state index contributed by atoms with van der Waals surface area (Å²) < 4.78 is 11.6. The summed E-state index contributed by atoms with van der Waals surface area (Å²) in [5.74, 6) is 0.386. The molecule has 1 atom stereocenters. The van der Waals surface area contributed by atoms with Crippen LogP contribution in [0, 0.1) is 0 Å². The Bertz CT molecular complexity index is 952. The number of rotatable bonds is 5. The maximum Gasteiger partial charge on any atom is 0.330 e. The van der Waals surface area contributed by atoms with E-state index < -0.39 is 5.79 Å². The molecule has 1 saturated heterocycles. The molecule has 0 saturated carbocycles. The Labute approximate surface area is 181 Å². The van der Waals surface area contributed by atoms with Crippen LogP contribution in [0.15, 0.2) is 30.5 Å². The molecule has 4 rings (SSSR count). The molecule has 0 spiro atoms. The zero-order valence-corrected chi connectivity index (χ0v) is 18.3. The van der Waals surface area contributed by atoms with Gasteiger partial charge in [0.05, 0.1) is 30.4 Å². The largest absolute Gasteiger partial charge is 0.352 e. The van der Waals surface area contributed by atoms with Crippen molar-refractivity contribution in [3.63, 3.8) is 0 Å². The number of carbonyl (C=O) groups excluding carboxylic acids is 1. The number of para-hydroxylation sites is 1. The molecule has 2 aromatic rings. The van der Waals surface area contributed by atoms with Crippen molar-refractivity contribution in [3.8, 4) is 0 Å². The molecular formula is C21H26ClN5O3. The average molecular weight is 432 g/mol. The minimum atomic E-state index is -0.676. The predicted molar refractivity (Wildman–Crippen MR) is 116 cm³/mol. The van der Waals surface area contributed by atoms with E-state index in [1.807, 2.05) is 45.9 Å². The van der Waals surface area contributed by atoms with Crippen molar-refractivity contribution in [3.05, 3.63) is 41.0 Å². The van der Waals surface area contributed by atoms with Crippen molar-refractivity contribution in [1.82, 2.24) is 9.97 Å². The molecule has 8 nitrogen and oxygen atoms in total. The number of nitrogens with zero attached hydrogens (tertiary/aromatic N) is 4. The van der Waals surface area contributed by atoms with Gasteiger partial charge in [-0.1, -0.05) is 23.7 Å². The van der Waals surface area contributed by atoms with Crippen molar-refractivity contribution >= 4 is 35.1 Å². The molecule has 2 amide bonds. The Balaban J connectivity index is 1.71. The number of halogens is 1. The maximum atomic E-state index is 13.5. The monoisotopic (exact) mass is 431 g/mol. The smallest absolute Gasteiger partial charge is 0.330 e. The molecule has 9 heteroatoms. The zero-order chi connectivity index (χ0) is 21.5. The van der Waals surface area contributed by atoms with Crippen LogP contribution in [-0.2, 0) is 16.0 Å². The van der Waals surface area contributed by atoms with Gasteiger partial charge in [0.2, 0.25) is 5.95 Å². The van der Waals surface area contributed by atoms with E-state index in [1.165, 1.54) is 0 Å². The standard InChI is InChI=1S/C21H26ClN5O3/c1-13(2)24-19-23-9-14-10-26(17-8-6-5-7-16(17)22)20(28)27(18(14)25-19)11-15-12-29-21(3,4)30-15/h5-9,13,15H,10-12H2,1-4H3,(H,23,24,25)/t15-/m1/s1. The fourth-order valence-electron chi connectivity index (χ4n) is 3.63. The number of hydrogen-bond donors (Lipinski definition) is 1. The predicted octanol–water partition coefficient (Wildman–Crippen LogP) is 4.05. The van der Waals surface area contributed by atoms with E-state index in [-0.39, 0.29) is 18.2 Å². The van der Waals surface area contributed by atoms with Gasteiger partial charge >= 0.3 is 6.03 Å². The van der Waals surface area contributed by atoms with Crippen molar-refractivity contribution in [1.29, 1.82) is 0 Å². The molecule has 160 valence electrons. The van der Waals surface area contributed by atoms with Crippen molar-refractivity contribution in [2.75, 3.05) is 28.3 Å². The number of carbonyl (C=O) groups is 1. The molecule has 30 heavy (non-hydrogen) atoms. The molecule has 0 bridgehead atoms. The molecule has 0 radical (unpaired) electrons. The lowest BCUT2D eigenvalue weighted by molar-refractivity contribution is -0.137. The lowest BCUT2D eigenvalue weighted by atomic mass is 10.1. The maximum absolute atomic E-state index is 13.5. The average Bonchev–Trinajstić information content (AvgIpc) is 3.03. The Hall–Kier alpha value is -2.42. The minimum Gasteiger partial charge on any atom is -0.352 e. The Kier molecular flexibility index (Phi) is 5.57. The van der Waals surface area contributed by atoms with E-state index in [0.717, 1.165) is 5.56 Å². The first-order valence-electron chi connectivity index (χ1n) is 10.0. The number of urea groups is 1. The van der Waals surface area contributed by atoms with Gasteiger partial charge in [-0.15, -0.1) is 0 Å². The molecule has 1 fully saturated rings. The number of nitrogens with one attached hydrogen (secondary N) is 1. The topological polar surface area (TPSA) is 79.8 Å². The Morgan fingerprint density at radius 2 is 2.10 bits per heavy atom. The first-order valence-corrected chi connectivity index (χ1v) is 10.4. The van der Waals surface area contributed by atoms with Gasteiger partial charge in [-0.05, 0) is 39.8 Å². The summed E-state index contributed by atoms with van der Waals surface area (Å²) in [5, 5.41) is 3.71. The normalized spacial score (nSPS) is 20.6. The minimum absolute atomic E-state index is 0.169. The number of aromatic nitrogens is 2. The van der Waals surface area contributed by atoms with Gasteiger partial charge < -0.3 is 14.8 Å². The molecular weight excluding hydrogens is 406 g/mol. The quantitative estimate of drug-likeness (QED) is 0.769. The summed E-state index contributed by atoms with van der Waals surface area (Å²) in [5.41, 5.74) is 1.48. The van der Waals surface area contributed by atoms with E-state index in [9.17, 15) is 4.79 Å². The number of benzene rings is 1. The third-order valence-corrected chi connectivity index (χ3v) is 5.22. The SMILES string of the molecule is CC(C)Nc1ncc2c(n1)N(C[C@@H]1COC(C)(C)O1)C(=O)N(c1ccccc1Cl)C2. The third kappa shape index (κ3) is 4.21. The van der Waals surface area contributed by atoms with Crippen molar-refractivity contribution in [2.45, 2.75) is 52.2 Å². The number of fused-ring (bicyclic) bond motifs is 1. The van der Waals surface area contributed by atoms with Gasteiger partial charge in [-0.25, -0.2) is 9.78 Å².